The van der Waals surface area contributed by atoms with Crippen LogP contribution in [0.5, 0.6) is 11.5 Å². The predicted octanol–water partition coefficient (Wildman–Crippen LogP) is 2.59. The van der Waals surface area contributed by atoms with Crippen LogP contribution in [0.1, 0.15) is 32.3 Å². The van der Waals surface area contributed by atoms with Crippen molar-refractivity contribution in [2.75, 3.05) is 27.4 Å². The van der Waals surface area contributed by atoms with Crippen molar-refractivity contribution in [3.05, 3.63) is 23.8 Å². The second kappa shape index (κ2) is 8.12. The van der Waals surface area contributed by atoms with Gasteiger partial charge in [0.25, 0.3) is 0 Å². The van der Waals surface area contributed by atoms with Gasteiger partial charge >= 0.3 is 0 Å². The molecule has 0 fully saturated rings. The summed E-state index contributed by atoms with van der Waals surface area (Å²) in [5.74, 6) is 1.61. The average molecular weight is 281 g/mol. The van der Waals surface area contributed by atoms with E-state index in [1.54, 1.807) is 14.2 Å². The lowest BCUT2D eigenvalue weighted by Crippen LogP contribution is -2.29. The van der Waals surface area contributed by atoms with Gasteiger partial charge in [0.05, 0.1) is 14.2 Å². The fourth-order valence-electron chi connectivity index (χ4n) is 2.16. The van der Waals surface area contributed by atoms with Crippen molar-refractivity contribution in [1.82, 2.24) is 5.32 Å². The number of rotatable bonds is 9. The SMILES string of the molecule is COc1cc(CNCC(C)(C)CCCO)cc(OC)c1. The Labute approximate surface area is 122 Å². The molecule has 1 aromatic carbocycles. The van der Waals surface area contributed by atoms with E-state index >= 15 is 0 Å². The summed E-state index contributed by atoms with van der Waals surface area (Å²) in [6.07, 6.45) is 1.86. The van der Waals surface area contributed by atoms with Crippen LogP contribution in [0.3, 0.4) is 0 Å². The van der Waals surface area contributed by atoms with Crippen molar-refractivity contribution in [2.45, 2.75) is 33.2 Å². The van der Waals surface area contributed by atoms with Gasteiger partial charge in [-0.1, -0.05) is 13.8 Å². The maximum Gasteiger partial charge on any atom is 0.122 e. The normalized spacial score (nSPS) is 11.4. The van der Waals surface area contributed by atoms with Crippen molar-refractivity contribution in [1.29, 1.82) is 0 Å². The smallest absolute Gasteiger partial charge is 0.122 e. The third kappa shape index (κ3) is 5.80. The van der Waals surface area contributed by atoms with E-state index in [2.05, 4.69) is 19.2 Å². The number of aliphatic hydroxyl groups is 1. The second-order valence-corrected chi connectivity index (χ2v) is 5.82. The molecule has 0 aliphatic rings. The zero-order valence-corrected chi connectivity index (χ0v) is 13.0. The summed E-state index contributed by atoms with van der Waals surface area (Å²) in [4.78, 5) is 0. The van der Waals surface area contributed by atoms with Crippen molar-refractivity contribution in [3.8, 4) is 11.5 Å². The summed E-state index contributed by atoms with van der Waals surface area (Å²) in [7, 11) is 3.31. The third-order valence-electron chi connectivity index (χ3n) is 3.36. The summed E-state index contributed by atoms with van der Waals surface area (Å²) in [5, 5.41) is 12.4. The van der Waals surface area contributed by atoms with Crippen molar-refractivity contribution in [2.24, 2.45) is 5.41 Å². The highest BCUT2D eigenvalue weighted by molar-refractivity contribution is 5.38. The van der Waals surface area contributed by atoms with Crippen LogP contribution in [0.4, 0.5) is 0 Å². The van der Waals surface area contributed by atoms with Gasteiger partial charge in [-0.3, -0.25) is 0 Å². The number of benzene rings is 1. The highest BCUT2D eigenvalue weighted by atomic mass is 16.5. The Kier molecular flexibility index (Phi) is 6.82. The topological polar surface area (TPSA) is 50.7 Å². The van der Waals surface area contributed by atoms with Gasteiger partial charge in [-0.15, -0.1) is 0 Å². The van der Waals surface area contributed by atoms with E-state index in [-0.39, 0.29) is 12.0 Å². The molecule has 0 aliphatic carbocycles. The third-order valence-corrected chi connectivity index (χ3v) is 3.36. The maximum absolute atomic E-state index is 8.90. The lowest BCUT2D eigenvalue weighted by molar-refractivity contribution is 0.236. The molecule has 4 heteroatoms. The molecule has 0 aromatic heterocycles. The minimum Gasteiger partial charge on any atom is -0.497 e. The van der Waals surface area contributed by atoms with Gasteiger partial charge in [-0.25, -0.2) is 0 Å². The van der Waals surface area contributed by atoms with Crippen LogP contribution in [0.25, 0.3) is 0 Å². The molecule has 0 bridgehead atoms. The Balaban J connectivity index is 2.52. The number of ether oxygens (including phenoxy) is 2. The number of nitrogens with one attached hydrogen (secondary N) is 1. The quantitative estimate of drug-likeness (QED) is 0.730. The van der Waals surface area contributed by atoms with Crippen LogP contribution in [-0.2, 0) is 6.54 Å². The lowest BCUT2D eigenvalue weighted by Gasteiger charge is -2.24. The Bertz CT molecular complexity index is 382. The van der Waals surface area contributed by atoms with Crippen molar-refractivity contribution in [3.63, 3.8) is 0 Å². The number of aliphatic hydroxyl groups excluding tert-OH is 1. The summed E-state index contributed by atoms with van der Waals surface area (Å²) < 4.78 is 10.5. The minimum atomic E-state index is 0.186. The van der Waals surface area contributed by atoms with Crippen LogP contribution < -0.4 is 14.8 Å². The van der Waals surface area contributed by atoms with Gasteiger partial charge in [-0.05, 0) is 36.0 Å². The van der Waals surface area contributed by atoms with E-state index in [0.717, 1.165) is 43.0 Å². The molecule has 0 unspecified atom stereocenters. The Hall–Kier alpha value is -1.26. The molecule has 114 valence electrons. The Morgan fingerprint density at radius 1 is 1.10 bits per heavy atom. The molecule has 0 spiro atoms. The molecule has 20 heavy (non-hydrogen) atoms. The van der Waals surface area contributed by atoms with Gasteiger partial charge in [0.15, 0.2) is 0 Å². The molecular weight excluding hydrogens is 254 g/mol. The van der Waals surface area contributed by atoms with E-state index in [4.69, 9.17) is 14.6 Å². The maximum atomic E-state index is 8.90. The molecule has 0 heterocycles. The van der Waals surface area contributed by atoms with Crippen molar-refractivity contribution >= 4 is 0 Å². The lowest BCUT2D eigenvalue weighted by atomic mass is 9.88. The summed E-state index contributed by atoms with van der Waals surface area (Å²) >= 11 is 0. The molecule has 0 amide bonds. The number of hydrogen-bond acceptors (Lipinski definition) is 4. The number of hydrogen-bond donors (Lipinski definition) is 2. The largest absolute Gasteiger partial charge is 0.497 e. The Morgan fingerprint density at radius 2 is 1.70 bits per heavy atom. The molecule has 0 aliphatic heterocycles. The first-order chi connectivity index (χ1) is 9.50. The van der Waals surface area contributed by atoms with Crippen LogP contribution in [0.15, 0.2) is 18.2 Å². The summed E-state index contributed by atoms with van der Waals surface area (Å²) in [6, 6.07) is 5.89. The summed E-state index contributed by atoms with van der Waals surface area (Å²) in [5.41, 5.74) is 1.32. The average Bonchev–Trinajstić information content (AvgIpc) is 2.44. The van der Waals surface area contributed by atoms with E-state index in [1.807, 2.05) is 18.2 Å². The van der Waals surface area contributed by atoms with E-state index < -0.39 is 0 Å². The second-order valence-electron chi connectivity index (χ2n) is 5.82. The summed E-state index contributed by atoms with van der Waals surface area (Å²) in [6.45, 7) is 6.36. The van der Waals surface area contributed by atoms with Crippen LogP contribution in [0, 0.1) is 5.41 Å². The minimum absolute atomic E-state index is 0.186. The monoisotopic (exact) mass is 281 g/mol. The van der Waals surface area contributed by atoms with E-state index in [9.17, 15) is 0 Å². The number of methoxy groups -OCH3 is 2. The molecule has 0 atom stereocenters. The molecule has 0 saturated heterocycles. The van der Waals surface area contributed by atoms with Gasteiger partial charge < -0.3 is 19.9 Å². The first-order valence-electron chi connectivity index (χ1n) is 7.04. The first-order valence-corrected chi connectivity index (χ1v) is 7.04. The Morgan fingerprint density at radius 3 is 2.20 bits per heavy atom. The van der Waals surface area contributed by atoms with Gasteiger partial charge in [-0.2, -0.15) is 0 Å². The van der Waals surface area contributed by atoms with Crippen LogP contribution in [-0.4, -0.2) is 32.5 Å². The highest BCUT2D eigenvalue weighted by Crippen LogP contribution is 2.23. The zero-order valence-electron chi connectivity index (χ0n) is 13.0. The first kappa shape index (κ1) is 16.8. The van der Waals surface area contributed by atoms with Gasteiger partial charge in [0.1, 0.15) is 11.5 Å². The zero-order chi connectivity index (χ0) is 15.0. The van der Waals surface area contributed by atoms with Crippen molar-refractivity contribution < 1.29 is 14.6 Å². The molecule has 0 radical (unpaired) electrons. The standard InChI is InChI=1S/C16H27NO3/c1-16(2,6-5-7-18)12-17-11-13-8-14(19-3)10-15(9-13)20-4/h8-10,17-18H,5-7,11-12H2,1-4H3. The molecular formula is C16H27NO3. The molecule has 4 nitrogen and oxygen atoms in total. The van der Waals surface area contributed by atoms with Crippen LogP contribution >= 0.6 is 0 Å². The van der Waals surface area contributed by atoms with Crippen LogP contribution in [0.2, 0.25) is 0 Å². The van der Waals surface area contributed by atoms with E-state index in [0.29, 0.717) is 0 Å². The fourth-order valence-corrected chi connectivity index (χ4v) is 2.16. The predicted molar refractivity (Wildman–Crippen MR) is 81.4 cm³/mol. The fraction of sp³-hybridized carbons (Fsp3) is 0.625. The molecule has 1 rings (SSSR count). The van der Waals surface area contributed by atoms with Gasteiger partial charge in [0, 0.05) is 25.8 Å². The highest BCUT2D eigenvalue weighted by Gasteiger charge is 2.16. The van der Waals surface area contributed by atoms with E-state index in [1.165, 1.54) is 0 Å². The van der Waals surface area contributed by atoms with Gasteiger partial charge in [0.2, 0.25) is 0 Å². The molecule has 0 saturated carbocycles. The molecule has 2 N–H and O–H groups in total. The molecule has 1 aromatic rings.